The molecule has 5 nitrogen and oxygen atoms in total. The van der Waals surface area contributed by atoms with Gasteiger partial charge in [0, 0.05) is 17.4 Å². The Morgan fingerprint density at radius 1 is 1.04 bits per heavy atom. The van der Waals surface area contributed by atoms with Crippen molar-refractivity contribution < 1.29 is 19.4 Å². The number of methoxy groups -OCH3 is 2. The van der Waals surface area contributed by atoms with Gasteiger partial charge in [0.1, 0.15) is 0 Å². The lowest BCUT2D eigenvalue weighted by molar-refractivity contribution is 0.0937. The number of hydrogen-bond donors (Lipinski definition) is 1. The summed E-state index contributed by atoms with van der Waals surface area (Å²) in [6, 6.07) is 16.5. The highest BCUT2D eigenvalue weighted by molar-refractivity contribution is 5.96. The Kier molecular flexibility index (Phi) is 5.49. The minimum absolute atomic E-state index is 0.0641. The molecule has 0 aliphatic rings. The van der Waals surface area contributed by atoms with Crippen LogP contribution >= 0.6 is 0 Å². The number of ketones is 1. The van der Waals surface area contributed by atoms with E-state index < -0.39 is 6.10 Å². The number of Topliss-reactive ketones (excluding diaryl/α,β-unsaturated/α-hetero) is 1. The first kappa shape index (κ1) is 17.9. The first-order chi connectivity index (χ1) is 12.6. The SMILES string of the molecule is COc1ccc(C(=O)CCC(O)c2ccc3ccccc3n2)cc1OC. The van der Waals surface area contributed by atoms with Crippen LogP contribution in [0.4, 0.5) is 0 Å². The van der Waals surface area contributed by atoms with Crippen molar-refractivity contribution in [2.45, 2.75) is 18.9 Å². The number of aromatic nitrogens is 1. The molecule has 1 atom stereocenters. The van der Waals surface area contributed by atoms with Crippen LogP contribution in [0.5, 0.6) is 11.5 Å². The molecule has 1 unspecified atom stereocenters. The van der Waals surface area contributed by atoms with E-state index in [1.165, 1.54) is 7.11 Å². The second-order valence-corrected chi connectivity index (χ2v) is 5.98. The maximum Gasteiger partial charge on any atom is 0.163 e. The smallest absolute Gasteiger partial charge is 0.163 e. The number of hydrogen-bond acceptors (Lipinski definition) is 5. The molecular formula is C21H21NO4. The van der Waals surface area contributed by atoms with E-state index in [1.54, 1.807) is 31.4 Å². The van der Waals surface area contributed by atoms with Crippen molar-refractivity contribution in [2.24, 2.45) is 0 Å². The molecule has 0 bridgehead atoms. The highest BCUT2D eigenvalue weighted by atomic mass is 16.5. The first-order valence-corrected chi connectivity index (χ1v) is 8.41. The van der Waals surface area contributed by atoms with E-state index in [9.17, 15) is 9.90 Å². The third-order valence-corrected chi connectivity index (χ3v) is 4.31. The molecule has 0 radical (unpaired) electrons. The summed E-state index contributed by atoms with van der Waals surface area (Å²) in [6.07, 6.45) is -0.271. The fraction of sp³-hybridized carbons (Fsp3) is 0.238. The topological polar surface area (TPSA) is 68.7 Å². The molecule has 1 heterocycles. The lowest BCUT2D eigenvalue weighted by Gasteiger charge is -2.12. The Hall–Kier alpha value is -2.92. The molecule has 1 N–H and O–H groups in total. The molecule has 26 heavy (non-hydrogen) atoms. The van der Waals surface area contributed by atoms with Gasteiger partial charge in [-0.2, -0.15) is 0 Å². The lowest BCUT2D eigenvalue weighted by Crippen LogP contribution is -2.06. The molecular weight excluding hydrogens is 330 g/mol. The van der Waals surface area contributed by atoms with E-state index in [0.29, 0.717) is 29.2 Å². The Morgan fingerprint density at radius 2 is 1.81 bits per heavy atom. The van der Waals surface area contributed by atoms with E-state index >= 15 is 0 Å². The Bertz CT molecular complexity index is 923. The largest absolute Gasteiger partial charge is 0.493 e. The molecule has 3 aromatic rings. The monoisotopic (exact) mass is 351 g/mol. The molecule has 0 saturated carbocycles. The van der Waals surface area contributed by atoms with Gasteiger partial charge in [0.15, 0.2) is 17.3 Å². The molecule has 1 aromatic heterocycles. The summed E-state index contributed by atoms with van der Waals surface area (Å²) < 4.78 is 10.4. The predicted molar refractivity (Wildman–Crippen MR) is 99.8 cm³/mol. The quantitative estimate of drug-likeness (QED) is 0.653. The second kappa shape index (κ2) is 7.97. The maximum atomic E-state index is 12.4. The van der Waals surface area contributed by atoms with Crippen LogP contribution in [0.25, 0.3) is 10.9 Å². The van der Waals surface area contributed by atoms with Gasteiger partial charge in [-0.1, -0.05) is 24.3 Å². The van der Waals surface area contributed by atoms with Gasteiger partial charge in [0.05, 0.1) is 31.5 Å². The molecule has 3 rings (SSSR count). The van der Waals surface area contributed by atoms with Gasteiger partial charge >= 0.3 is 0 Å². The number of benzene rings is 2. The van der Waals surface area contributed by atoms with Crippen molar-refractivity contribution in [3.63, 3.8) is 0 Å². The standard InChI is InChI=1S/C21H21NO4/c1-25-20-12-8-15(13-21(20)26-2)18(23)10-11-19(24)17-9-7-14-5-3-4-6-16(14)22-17/h3-9,12-13,19,24H,10-11H2,1-2H3. The van der Waals surface area contributed by atoms with Crippen LogP contribution in [-0.4, -0.2) is 30.1 Å². The third-order valence-electron chi connectivity index (χ3n) is 4.31. The summed E-state index contributed by atoms with van der Waals surface area (Å²) >= 11 is 0. The summed E-state index contributed by atoms with van der Waals surface area (Å²) in [7, 11) is 3.08. The van der Waals surface area contributed by atoms with Crippen molar-refractivity contribution >= 4 is 16.7 Å². The molecule has 0 aliphatic carbocycles. The van der Waals surface area contributed by atoms with Crippen LogP contribution in [0.1, 0.15) is 35.0 Å². The molecule has 0 amide bonds. The fourth-order valence-electron chi connectivity index (χ4n) is 2.84. The minimum atomic E-state index is -0.788. The number of aliphatic hydroxyl groups is 1. The van der Waals surface area contributed by atoms with E-state index in [1.807, 2.05) is 30.3 Å². The van der Waals surface area contributed by atoms with Crippen molar-refractivity contribution in [1.82, 2.24) is 4.98 Å². The number of nitrogens with zero attached hydrogens (tertiary/aromatic N) is 1. The fourth-order valence-corrected chi connectivity index (χ4v) is 2.84. The van der Waals surface area contributed by atoms with Gasteiger partial charge in [-0.05, 0) is 36.8 Å². The van der Waals surface area contributed by atoms with Crippen LogP contribution in [0.2, 0.25) is 0 Å². The summed E-state index contributed by atoms with van der Waals surface area (Å²) in [6.45, 7) is 0. The zero-order chi connectivity index (χ0) is 18.5. The van der Waals surface area contributed by atoms with Crippen molar-refractivity contribution in [3.8, 4) is 11.5 Å². The van der Waals surface area contributed by atoms with Crippen LogP contribution < -0.4 is 9.47 Å². The summed E-state index contributed by atoms with van der Waals surface area (Å²) in [5, 5.41) is 11.4. The van der Waals surface area contributed by atoms with Gasteiger partial charge in [0.2, 0.25) is 0 Å². The zero-order valence-electron chi connectivity index (χ0n) is 14.8. The maximum absolute atomic E-state index is 12.4. The van der Waals surface area contributed by atoms with Gasteiger partial charge in [-0.15, -0.1) is 0 Å². The molecule has 0 saturated heterocycles. The Morgan fingerprint density at radius 3 is 2.58 bits per heavy atom. The average molecular weight is 351 g/mol. The van der Waals surface area contributed by atoms with Crippen LogP contribution in [0.15, 0.2) is 54.6 Å². The third kappa shape index (κ3) is 3.83. The number of carbonyl (C=O) groups is 1. The molecule has 134 valence electrons. The predicted octanol–water partition coefficient (Wildman–Crippen LogP) is 3.95. The number of rotatable bonds is 7. The van der Waals surface area contributed by atoms with Crippen molar-refractivity contribution in [2.75, 3.05) is 14.2 Å². The number of fused-ring (bicyclic) bond motifs is 1. The van der Waals surface area contributed by atoms with Gasteiger partial charge in [-0.25, -0.2) is 0 Å². The van der Waals surface area contributed by atoms with Gasteiger partial charge < -0.3 is 14.6 Å². The zero-order valence-corrected chi connectivity index (χ0v) is 14.8. The van der Waals surface area contributed by atoms with E-state index in [4.69, 9.17) is 9.47 Å². The summed E-state index contributed by atoms with van der Waals surface area (Å²) in [5.74, 6) is 1.02. The molecule has 0 aliphatic heterocycles. The number of carbonyl (C=O) groups excluding carboxylic acids is 1. The Labute approximate surface area is 152 Å². The van der Waals surface area contributed by atoms with Gasteiger partial charge in [0.25, 0.3) is 0 Å². The van der Waals surface area contributed by atoms with Crippen molar-refractivity contribution in [3.05, 3.63) is 65.9 Å². The highest BCUT2D eigenvalue weighted by Crippen LogP contribution is 2.28. The van der Waals surface area contributed by atoms with E-state index in [0.717, 1.165) is 10.9 Å². The molecule has 2 aromatic carbocycles. The number of pyridine rings is 1. The second-order valence-electron chi connectivity index (χ2n) is 5.98. The van der Waals surface area contributed by atoms with Crippen LogP contribution in [0.3, 0.4) is 0 Å². The molecule has 0 spiro atoms. The summed E-state index contributed by atoms with van der Waals surface area (Å²) in [5.41, 5.74) is 1.93. The van der Waals surface area contributed by atoms with E-state index in [-0.39, 0.29) is 12.2 Å². The van der Waals surface area contributed by atoms with Gasteiger partial charge in [-0.3, -0.25) is 9.78 Å². The van der Waals surface area contributed by atoms with Crippen LogP contribution in [-0.2, 0) is 0 Å². The summed E-state index contributed by atoms with van der Waals surface area (Å²) in [4.78, 5) is 16.9. The average Bonchev–Trinajstić information content (AvgIpc) is 2.70. The highest BCUT2D eigenvalue weighted by Gasteiger charge is 2.15. The minimum Gasteiger partial charge on any atom is -0.493 e. The molecule has 5 heteroatoms. The normalized spacial score (nSPS) is 12.0. The number of para-hydroxylation sites is 1. The van der Waals surface area contributed by atoms with Crippen LogP contribution in [0, 0.1) is 0 Å². The van der Waals surface area contributed by atoms with Crippen molar-refractivity contribution in [1.29, 1.82) is 0 Å². The Balaban J connectivity index is 1.68. The first-order valence-electron chi connectivity index (χ1n) is 8.41. The molecule has 0 fully saturated rings. The number of aliphatic hydroxyl groups excluding tert-OH is 1. The lowest BCUT2D eigenvalue weighted by atomic mass is 10.0. The number of ether oxygens (including phenoxy) is 2. The van der Waals surface area contributed by atoms with E-state index in [2.05, 4.69) is 4.98 Å².